The first-order valence-corrected chi connectivity index (χ1v) is 5.87. The molecular weight excluding hydrogens is 270 g/mol. The van der Waals surface area contributed by atoms with E-state index in [4.69, 9.17) is 26.0 Å². The van der Waals surface area contributed by atoms with Crippen molar-refractivity contribution in [3.63, 3.8) is 0 Å². The molecule has 0 bridgehead atoms. The number of aromatic nitrogens is 1. The summed E-state index contributed by atoms with van der Waals surface area (Å²) in [6, 6.07) is 3.13. The molecule has 1 heterocycles. The normalized spacial score (nSPS) is 10.5. The topological polar surface area (TPSA) is 72.6 Å². The second-order valence-electron chi connectivity index (χ2n) is 4.09. The maximum atomic E-state index is 10.8. The largest absolute Gasteiger partial charge is 0.496 e. The van der Waals surface area contributed by atoms with Crippen molar-refractivity contribution < 1.29 is 19.2 Å². The van der Waals surface area contributed by atoms with Gasteiger partial charge in [0.2, 0.25) is 0 Å². The second kappa shape index (κ2) is 4.93. The summed E-state index contributed by atoms with van der Waals surface area (Å²) in [4.78, 5) is 10.8. The van der Waals surface area contributed by atoms with Crippen molar-refractivity contribution in [3.8, 4) is 17.1 Å². The van der Waals surface area contributed by atoms with Gasteiger partial charge in [0, 0.05) is 11.6 Å². The van der Waals surface area contributed by atoms with E-state index in [9.17, 15) is 4.79 Å². The third kappa shape index (κ3) is 2.29. The Morgan fingerprint density at radius 2 is 2.11 bits per heavy atom. The number of hydrogen-bond donors (Lipinski definition) is 1. The fourth-order valence-electron chi connectivity index (χ4n) is 1.89. The highest BCUT2D eigenvalue weighted by molar-refractivity contribution is 6.32. The molecule has 100 valence electrons. The minimum absolute atomic E-state index is 0.151. The Morgan fingerprint density at radius 3 is 2.63 bits per heavy atom. The highest BCUT2D eigenvalue weighted by Crippen LogP contribution is 2.38. The molecule has 0 saturated heterocycles. The molecule has 0 aliphatic rings. The number of methoxy groups -OCH3 is 1. The number of carbonyl (C=O) groups is 1. The molecule has 0 atom stereocenters. The third-order valence-corrected chi connectivity index (χ3v) is 3.40. The van der Waals surface area contributed by atoms with Crippen molar-refractivity contribution in [2.24, 2.45) is 0 Å². The first-order chi connectivity index (χ1) is 8.95. The maximum absolute atomic E-state index is 10.8. The van der Waals surface area contributed by atoms with Crippen molar-refractivity contribution in [2.45, 2.75) is 13.8 Å². The molecule has 0 aliphatic heterocycles. The molecule has 0 amide bonds. The molecule has 0 spiro atoms. The van der Waals surface area contributed by atoms with Gasteiger partial charge in [0.05, 0.1) is 17.7 Å². The summed E-state index contributed by atoms with van der Waals surface area (Å²) < 4.78 is 10.4. The number of halogens is 1. The van der Waals surface area contributed by atoms with Crippen LogP contribution in [0.4, 0.5) is 0 Å². The Morgan fingerprint density at radius 1 is 1.42 bits per heavy atom. The number of ether oxygens (including phenoxy) is 1. The zero-order chi connectivity index (χ0) is 14.2. The number of aromatic carboxylic acids is 1. The molecule has 0 fully saturated rings. The minimum atomic E-state index is -1.14. The quantitative estimate of drug-likeness (QED) is 0.934. The van der Waals surface area contributed by atoms with Crippen molar-refractivity contribution in [2.75, 3.05) is 7.11 Å². The Hall–Kier alpha value is -2.01. The van der Waals surface area contributed by atoms with Gasteiger partial charge in [0.25, 0.3) is 0 Å². The monoisotopic (exact) mass is 281 g/mol. The fourth-order valence-corrected chi connectivity index (χ4v) is 2.03. The molecule has 1 N–H and O–H groups in total. The van der Waals surface area contributed by atoms with Gasteiger partial charge in [0.15, 0.2) is 11.5 Å². The van der Waals surface area contributed by atoms with E-state index < -0.39 is 5.97 Å². The minimum Gasteiger partial charge on any atom is -0.496 e. The molecule has 0 saturated carbocycles. The molecule has 1 aromatic heterocycles. The summed E-state index contributed by atoms with van der Waals surface area (Å²) in [5, 5.41) is 12.9. The van der Waals surface area contributed by atoms with Gasteiger partial charge >= 0.3 is 5.97 Å². The number of benzene rings is 1. The summed E-state index contributed by atoms with van der Waals surface area (Å²) in [5.74, 6) is -0.267. The molecule has 5 nitrogen and oxygen atoms in total. The molecule has 6 heteroatoms. The number of hydrogen-bond acceptors (Lipinski definition) is 4. The first kappa shape index (κ1) is 13.4. The van der Waals surface area contributed by atoms with Crippen LogP contribution in [0.25, 0.3) is 11.3 Å². The van der Waals surface area contributed by atoms with Crippen LogP contribution in [0.2, 0.25) is 5.02 Å². The van der Waals surface area contributed by atoms with Gasteiger partial charge in [-0.3, -0.25) is 0 Å². The average Bonchev–Trinajstić information content (AvgIpc) is 2.85. The Kier molecular flexibility index (Phi) is 3.48. The lowest BCUT2D eigenvalue weighted by atomic mass is 10.0. The van der Waals surface area contributed by atoms with Crippen molar-refractivity contribution in [3.05, 3.63) is 34.0 Å². The number of carboxylic acid groups (broad SMARTS) is 1. The molecule has 2 aromatic rings. The van der Waals surface area contributed by atoms with Crippen LogP contribution in [0.15, 0.2) is 16.7 Å². The van der Waals surface area contributed by atoms with E-state index in [-0.39, 0.29) is 5.69 Å². The third-order valence-electron chi connectivity index (χ3n) is 2.82. The number of carboxylic acids is 1. The van der Waals surface area contributed by atoms with Crippen LogP contribution in [0, 0.1) is 13.8 Å². The molecule has 19 heavy (non-hydrogen) atoms. The predicted octanol–water partition coefficient (Wildman–Crippen LogP) is 3.32. The van der Waals surface area contributed by atoms with Crippen LogP contribution >= 0.6 is 11.6 Å². The zero-order valence-corrected chi connectivity index (χ0v) is 11.4. The van der Waals surface area contributed by atoms with Gasteiger partial charge in [-0.05, 0) is 25.5 Å². The van der Waals surface area contributed by atoms with Crippen molar-refractivity contribution >= 4 is 17.6 Å². The van der Waals surface area contributed by atoms with E-state index in [2.05, 4.69) is 5.16 Å². The highest BCUT2D eigenvalue weighted by Gasteiger charge is 2.19. The van der Waals surface area contributed by atoms with E-state index in [1.165, 1.54) is 13.2 Å². The first-order valence-electron chi connectivity index (χ1n) is 5.49. The summed E-state index contributed by atoms with van der Waals surface area (Å²) in [5.41, 5.74) is 2.10. The smallest absolute Gasteiger partial charge is 0.358 e. The van der Waals surface area contributed by atoms with Crippen LogP contribution < -0.4 is 4.74 Å². The molecule has 0 unspecified atom stereocenters. The summed E-state index contributed by atoms with van der Waals surface area (Å²) in [7, 11) is 1.52. The SMILES string of the molecule is COc1c(-c2cc(C(=O)O)no2)cc(C)c(Cl)c1C. The van der Waals surface area contributed by atoms with Crippen molar-refractivity contribution in [1.29, 1.82) is 0 Å². The molecule has 0 radical (unpaired) electrons. The zero-order valence-electron chi connectivity index (χ0n) is 10.7. The van der Waals surface area contributed by atoms with Gasteiger partial charge in [0.1, 0.15) is 5.75 Å². The van der Waals surface area contributed by atoms with Crippen molar-refractivity contribution in [1.82, 2.24) is 5.16 Å². The molecule has 2 rings (SSSR count). The Balaban J connectivity index is 2.63. The van der Waals surface area contributed by atoms with Crippen LogP contribution in [0.5, 0.6) is 5.75 Å². The molecular formula is C13H12ClNO4. The Labute approximate surface area is 114 Å². The van der Waals surface area contributed by atoms with E-state index >= 15 is 0 Å². The number of aryl methyl sites for hydroxylation is 1. The fraction of sp³-hybridized carbons (Fsp3) is 0.231. The number of rotatable bonds is 3. The van der Waals surface area contributed by atoms with E-state index in [1.807, 2.05) is 13.8 Å². The van der Waals surface area contributed by atoms with Crippen LogP contribution in [-0.4, -0.2) is 23.3 Å². The van der Waals surface area contributed by atoms with E-state index in [0.29, 0.717) is 22.1 Å². The lowest BCUT2D eigenvalue weighted by molar-refractivity contribution is 0.0686. The second-order valence-corrected chi connectivity index (χ2v) is 4.47. The van der Waals surface area contributed by atoms with Crippen LogP contribution in [0.3, 0.4) is 0 Å². The standard InChI is InChI=1S/C13H12ClNO4/c1-6-4-8(12(18-3)7(2)11(6)14)10-5-9(13(16)17)15-19-10/h4-5H,1-3H3,(H,16,17). The lowest BCUT2D eigenvalue weighted by Crippen LogP contribution is -1.95. The summed E-state index contributed by atoms with van der Waals surface area (Å²) >= 11 is 6.16. The van der Waals surface area contributed by atoms with Gasteiger partial charge in [-0.25, -0.2) is 4.79 Å². The van der Waals surface area contributed by atoms with E-state index in [1.54, 1.807) is 6.07 Å². The average molecular weight is 282 g/mol. The van der Waals surface area contributed by atoms with E-state index in [0.717, 1.165) is 11.1 Å². The predicted molar refractivity (Wildman–Crippen MR) is 69.9 cm³/mol. The lowest BCUT2D eigenvalue weighted by Gasteiger charge is -2.12. The highest BCUT2D eigenvalue weighted by atomic mass is 35.5. The molecule has 1 aromatic carbocycles. The maximum Gasteiger partial charge on any atom is 0.358 e. The number of nitrogens with zero attached hydrogens (tertiary/aromatic N) is 1. The van der Waals surface area contributed by atoms with Gasteiger partial charge in [-0.2, -0.15) is 0 Å². The Bertz CT molecular complexity index is 648. The van der Waals surface area contributed by atoms with Gasteiger partial charge in [-0.1, -0.05) is 16.8 Å². The van der Waals surface area contributed by atoms with Crippen LogP contribution in [0.1, 0.15) is 21.6 Å². The van der Waals surface area contributed by atoms with Gasteiger partial charge in [-0.15, -0.1) is 0 Å². The molecule has 0 aliphatic carbocycles. The van der Waals surface area contributed by atoms with Gasteiger partial charge < -0.3 is 14.4 Å². The summed E-state index contributed by atoms with van der Waals surface area (Å²) in [6.45, 7) is 3.68. The van der Waals surface area contributed by atoms with Crippen LogP contribution in [-0.2, 0) is 0 Å². The summed E-state index contributed by atoms with van der Waals surface area (Å²) in [6.07, 6.45) is 0.